The van der Waals surface area contributed by atoms with Crippen LogP contribution in [0, 0.1) is 11.8 Å². The number of benzene rings is 11. The standard InChI is InChI=1S/C74H58N2/c1-73(2)66-33-19-32-62(49-20-7-3-8-21-49)70(66)63-43-42-61(48-67(63)73)76(59-30-13-6-14-31-59)69-35-18-27-55-45-57-39-38-56-44-54-26-17-34-68(71(54)74(56,57)72(55)69)75(58-28-11-5-12-29-58)60-40-36-51(37-41-60)65-47-53-25-16-15-24-52(53)46-64(65)50-22-9-4-10-23-50/h3-37,40-43,46-48,56-57H,38-39,44-45H2,1-2H3. The van der Waals surface area contributed by atoms with Crippen molar-refractivity contribution in [3.8, 4) is 44.5 Å². The molecule has 0 aliphatic heterocycles. The molecule has 3 unspecified atom stereocenters. The van der Waals surface area contributed by atoms with Crippen LogP contribution in [0.4, 0.5) is 34.1 Å². The summed E-state index contributed by atoms with van der Waals surface area (Å²) >= 11 is 0. The minimum absolute atomic E-state index is 0.176. The Bertz CT molecular complexity index is 4020. The molecule has 364 valence electrons. The van der Waals surface area contributed by atoms with Crippen LogP contribution in [0.3, 0.4) is 0 Å². The minimum atomic E-state index is -0.190. The predicted octanol–water partition coefficient (Wildman–Crippen LogP) is 19.5. The van der Waals surface area contributed by atoms with Crippen LogP contribution >= 0.6 is 0 Å². The minimum Gasteiger partial charge on any atom is -0.310 e. The summed E-state index contributed by atoms with van der Waals surface area (Å²) < 4.78 is 0. The zero-order valence-electron chi connectivity index (χ0n) is 43.1. The number of nitrogens with zero attached hydrogens (tertiary/aromatic N) is 2. The van der Waals surface area contributed by atoms with Gasteiger partial charge < -0.3 is 9.80 Å². The average Bonchev–Trinajstić information content (AvgIpc) is 4.34. The Balaban J connectivity index is 0.898. The second-order valence-corrected chi connectivity index (χ2v) is 22.3. The molecule has 0 bridgehead atoms. The van der Waals surface area contributed by atoms with Crippen LogP contribution in [0.1, 0.15) is 60.1 Å². The first-order valence-corrected chi connectivity index (χ1v) is 27.4. The predicted molar refractivity (Wildman–Crippen MR) is 318 cm³/mol. The molecule has 11 aromatic carbocycles. The molecular formula is C74H58N2. The summed E-state index contributed by atoms with van der Waals surface area (Å²) in [7, 11) is 0. The summed E-state index contributed by atoms with van der Waals surface area (Å²) in [5.74, 6) is 0.977. The molecule has 0 heterocycles. The number of para-hydroxylation sites is 2. The van der Waals surface area contributed by atoms with Crippen LogP contribution in [-0.2, 0) is 23.7 Å². The molecule has 4 aliphatic rings. The Labute approximate surface area is 447 Å². The van der Waals surface area contributed by atoms with Gasteiger partial charge in [-0.2, -0.15) is 0 Å². The molecule has 0 radical (unpaired) electrons. The van der Waals surface area contributed by atoms with Crippen molar-refractivity contribution in [2.75, 3.05) is 9.80 Å². The monoisotopic (exact) mass is 974 g/mol. The van der Waals surface area contributed by atoms with Crippen LogP contribution in [0.15, 0.2) is 255 Å². The molecule has 76 heavy (non-hydrogen) atoms. The van der Waals surface area contributed by atoms with Crippen LogP contribution in [-0.4, -0.2) is 0 Å². The summed E-state index contributed by atoms with van der Waals surface area (Å²) in [6.45, 7) is 4.84. The maximum atomic E-state index is 2.62. The molecule has 0 saturated heterocycles. The van der Waals surface area contributed by atoms with Gasteiger partial charge in [0.05, 0.1) is 11.4 Å². The molecule has 0 amide bonds. The molecule has 3 atom stereocenters. The topological polar surface area (TPSA) is 6.48 Å². The first kappa shape index (κ1) is 44.7. The van der Waals surface area contributed by atoms with E-state index in [0.717, 1.165) is 18.5 Å². The van der Waals surface area contributed by atoms with E-state index in [2.05, 4.69) is 278 Å². The Kier molecular flexibility index (Phi) is 10.3. The van der Waals surface area contributed by atoms with Crippen LogP contribution in [0.25, 0.3) is 55.3 Å². The van der Waals surface area contributed by atoms with Crippen molar-refractivity contribution in [3.05, 3.63) is 288 Å². The SMILES string of the molecule is CC1(C)c2cc(N(c3ccccc3)c3cccc4c3C35c6c(cccc6N(c6ccccc6)c6ccc(-c7cc8ccccc8cc7-c7ccccc7)cc6)CC3CCC5C4)ccc2-c2c(-c3ccccc3)cccc21. The highest BCUT2D eigenvalue weighted by atomic mass is 15.2. The van der Waals surface area contributed by atoms with E-state index in [1.807, 2.05) is 0 Å². The van der Waals surface area contributed by atoms with E-state index >= 15 is 0 Å². The lowest BCUT2D eigenvalue weighted by Gasteiger charge is -2.40. The van der Waals surface area contributed by atoms with E-state index < -0.39 is 0 Å². The summed E-state index contributed by atoms with van der Waals surface area (Å²) in [6.07, 6.45) is 4.62. The van der Waals surface area contributed by atoms with Gasteiger partial charge in [-0.15, -0.1) is 0 Å². The van der Waals surface area contributed by atoms with E-state index in [0.29, 0.717) is 11.8 Å². The number of fused-ring (bicyclic) bond motifs is 6. The average molecular weight is 975 g/mol. The van der Waals surface area contributed by atoms with E-state index in [4.69, 9.17) is 0 Å². The number of anilines is 6. The third-order valence-electron chi connectivity index (χ3n) is 18.1. The summed E-state index contributed by atoms with van der Waals surface area (Å²) in [5, 5.41) is 2.50. The van der Waals surface area contributed by atoms with Crippen molar-refractivity contribution in [2.45, 2.75) is 50.4 Å². The van der Waals surface area contributed by atoms with Gasteiger partial charge in [0.15, 0.2) is 0 Å². The largest absolute Gasteiger partial charge is 0.310 e. The second-order valence-electron chi connectivity index (χ2n) is 22.3. The third-order valence-corrected chi connectivity index (χ3v) is 18.1. The Morgan fingerprint density at radius 1 is 0.342 bits per heavy atom. The summed E-state index contributed by atoms with van der Waals surface area (Å²) in [5.41, 5.74) is 25.9. The smallest absolute Gasteiger partial charge is 0.0505 e. The van der Waals surface area contributed by atoms with E-state index in [1.165, 1.54) is 130 Å². The quantitative estimate of drug-likeness (QED) is 0.142. The molecule has 1 fully saturated rings. The molecular weight excluding hydrogens is 917 g/mol. The van der Waals surface area contributed by atoms with Gasteiger partial charge in [0.1, 0.15) is 0 Å². The molecule has 0 aromatic heterocycles. The van der Waals surface area contributed by atoms with Crippen LogP contribution in [0.2, 0.25) is 0 Å². The fourth-order valence-corrected chi connectivity index (χ4v) is 14.9. The second kappa shape index (κ2) is 17.4. The Morgan fingerprint density at radius 3 is 1.34 bits per heavy atom. The maximum Gasteiger partial charge on any atom is 0.0505 e. The Hall–Kier alpha value is -8.72. The van der Waals surface area contributed by atoms with Gasteiger partial charge >= 0.3 is 0 Å². The number of hydrogen-bond acceptors (Lipinski definition) is 2. The van der Waals surface area contributed by atoms with Crippen molar-refractivity contribution >= 4 is 44.9 Å². The lowest BCUT2D eigenvalue weighted by molar-refractivity contribution is 0.350. The molecule has 1 saturated carbocycles. The van der Waals surface area contributed by atoms with E-state index in [9.17, 15) is 0 Å². The van der Waals surface area contributed by atoms with Crippen molar-refractivity contribution < 1.29 is 0 Å². The Morgan fingerprint density at radius 2 is 0.789 bits per heavy atom. The lowest BCUT2D eigenvalue weighted by atomic mass is 9.68. The van der Waals surface area contributed by atoms with Gasteiger partial charge in [0.2, 0.25) is 0 Å². The first-order valence-electron chi connectivity index (χ1n) is 27.4. The summed E-state index contributed by atoms with van der Waals surface area (Å²) in [6, 6.07) is 95.8. The van der Waals surface area contributed by atoms with E-state index in [-0.39, 0.29) is 10.8 Å². The number of hydrogen-bond donors (Lipinski definition) is 0. The molecule has 0 N–H and O–H groups in total. The molecule has 1 spiro atoms. The molecule has 2 nitrogen and oxygen atoms in total. The van der Waals surface area contributed by atoms with Gasteiger partial charge in [-0.25, -0.2) is 0 Å². The summed E-state index contributed by atoms with van der Waals surface area (Å²) in [4.78, 5) is 5.20. The van der Waals surface area contributed by atoms with Gasteiger partial charge in [0, 0.05) is 33.6 Å². The highest BCUT2D eigenvalue weighted by Gasteiger charge is 2.62. The zero-order chi connectivity index (χ0) is 50.5. The lowest BCUT2D eigenvalue weighted by Crippen LogP contribution is -2.34. The van der Waals surface area contributed by atoms with E-state index in [1.54, 1.807) is 0 Å². The maximum absolute atomic E-state index is 2.62. The van der Waals surface area contributed by atoms with Crippen LogP contribution in [0.5, 0.6) is 0 Å². The van der Waals surface area contributed by atoms with Crippen LogP contribution < -0.4 is 9.80 Å². The molecule has 2 heteroatoms. The van der Waals surface area contributed by atoms with Crippen molar-refractivity contribution in [1.29, 1.82) is 0 Å². The molecule has 15 rings (SSSR count). The van der Waals surface area contributed by atoms with Gasteiger partial charge in [-0.05, 0) is 199 Å². The third kappa shape index (κ3) is 6.72. The normalized spacial score (nSPS) is 18.1. The highest BCUT2D eigenvalue weighted by molar-refractivity contribution is 5.98. The first-order chi connectivity index (χ1) is 37.4. The van der Waals surface area contributed by atoms with Gasteiger partial charge in [-0.1, -0.05) is 196 Å². The number of rotatable bonds is 9. The highest BCUT2D eigenvalue weighted by Crippen LogP contribution is 2.69. The fourth-order valence-electron chi connectivity index (χ4n) is 14.9. The van der Waals surface area contributed by atoms with Gasteiger partial charge in [0.25, 0.3) is 0 Å². The van der Waals surface area contributed by atoms with Gasteiger partial charge in [-0.3, -0.25) is 0 Å². The molecule has 4 aliphatic carbocycles. The molecule has 11 aromatic rings. The zero-order valence-corrected chi connectivity index (χ0v) is 43.1. The van der Waals surface area contributed by atoms with Crippen molar-refractivity contribution in [1.82, 2.24) is 0 Å². The van der Waals surface area contributed by atoms with Crippen molar-refractivity contribution in [3.63, 3.8) is 0 Å². The fraction of sp³-hybridized carbons (Fsp3) is 0.135. The van der Waals surface area contributed by atoms with Crippen molar-refractivity contribution in [2.24, 2.45) is 11.8 Å².